The van der Waals surface area contributed by atoms with Crippen LogP contribution in [0.25, 0.3) is 0 Å². The highest BCUT2D eigenvalue weighted by atomic mass is 16.6. The van der Waals surface area contributed by atoms with Gasteiger partial charge >= 0.3 is 12.1 Å². The van der Waals surface area contributed by atoms with Crippen molar-refractivity contribution in [2.45, 2.75) is 58.6 Å². The van der Waals surface area contributed by atoms with Crippen molar-refractivity contribution < 1.29 is 19.1 Å². The van der Waals surface area contributed by atoms with Crippen LogP contribution in [-0.4, -0.2) is 42.3 Å². The average Bonchev–Trinajstić information content (AvgIpc) is 2.70. The van der Waals surface area contributed by atoms with Crippen molar-refractivity contribution in [3.63, 3.8) is 0 Å². The van der Waals surface area contributed by atoms with Crippen LogP contribution in [0.3, 0.4) is 0 Å². The Balaban J connectivity index is 2.76. The van der Waals surface area contributed by atoms with E-state index in [1.807, 2.05) is 20.8 Å². The Bertz CT molecular complexity index is 335. The minimum Gasteiger partial charge on any atom is -0.467 e. The van der Waals surface area contributed by atoms with Gasteiger partial charge in [0.1, 0.15) is 11.6 Å². The van der Waals surface area contributed by atoms with E-state index in [4.69, 9.17) is 9.47 Å². The summed E-state index contributed by atoms with van der Waals surface area (Å²) in [5.41, 5.74) is -0.555. The van der Waals surface area contributed by atoms with Gasteiger partial charge in [-0.1, -0.05) is 13.3 Å². The zero-order valence-electron chi connectivity index (χ0n) is 12.6. The summed E-state index contributed by atoms with van der Waals surface area (Å²) in [5.74, 6) is -0.00826. The molecule has 0 aromatic carbocycles. The molecule has 5 heteroatoms. The molecular weight excluding hydrogens is 246 g/mol. The Kier molecular flexibility index (Phi) is 5.20. The van der Waals surface area contributed by atoms with Crippen LogP contribution in [0.4, 0.5) is 4.79 Å². The van der Waals surface area contributed by atoms with Crippen LogP contribution in [0.5, 0.6) is 0 Å². The van der Waals surface area contributed by atoms with Gasteiger partial charge in [-0.05, 0) is 39.5 Å². The second-order valence-corrected chi connectivity index (χ2v) is 6.06. The van der Waals surface area contributed by atoms with Crippen molar-refractivity contribution >= 4 is 12.1 Å². The molecule has 1 aliphatic rings. The minimum absolute atomic E-state index is 0.349. The number of likely N-dealkylation sites (tertiary alicyclic amines) is 1. The summed E-state index contributed by atoms with van der Waals surface area (Å²) >= 11 is 0. The molecule has 2 atom stereocenters. The molecular formula is C14H25NO4. The van der Waals surface area contributed by atoms with Gasteiger partial charge < -0.3 is 9.47 Å². The number of carbonyl (C=O) groups excluding carboxylic acids is 2. The van der Waals surface area contributed by atoms with Gasteiger partial charge in [0.05, 0.1) is 7.11 Å². The van der Waals surface area contributed by atoms with Crippen LogP contribution in [0, 0.1) is 5.92 Å². The molecule has 1 aliphatic heterocycles. The summed E-state index contributed by atoms with van der Waals surface area (Å²) in [6.45, 7) is 8.12. The average molecular weight is 271 g/mol. The van der Waals surface area contributed by atoms with Gasteiger partial charge in [0.2, 0.25) is 0 Å². The van der Waals surface area contributed by atoms with Crippen LogP contribution in [0.15, 0.2) is 0 Å². The molecule has 0 aromatic heterocycles. The lowest BCUT2D eigenvalue weighted by Crippen LogP contribution is -2.43. The fourth-order valence-electron chi connectivity index (χ4n) is 2.42. The van der Waals surface area contributed by atoms with E-state index in [9.17, 15) is 9.59 Å². The van der Waals surface area contributed by atoms with Crippen molar-refractivity contribution in [3.05, 3.63) is 0 Å². The molecule has 0 bridgehead atoms. The summed E-state index contributed by atoms with van der Waals surface area (Å²) in [6.07, 6.45) is 2.29. The first-order valence-electron chi connectivity index (χ1n) is 6.86. The molecule has 0 aromatic rings. The van der Waals surface area contributed by atoms with Crippen molar-refractivity contribution in [1.82, 2.24) is 4.90 Å². The quantitative estimate of drug-likeness (QED) is 0.740. The van der Waals surface area contributed by atoms with Crippen LogP contribution in [0.2, 0.25) is 0 Å². The van der Waals surface area contributed by atoms with Gasteiger partial charge in [-0.15, -0.1) is 0 Å². The van der Waals surface area contributed by atoms with E-state index in [1.165, 1.54) is 12.0 Å². The normalized spacial score (nSPS) is 23.3. The summed E-state index contributed by atoms with van der Waals surface area (Å²) in [4.78, 5) is 25.4. The molecule has 1 fully saturated rings. The van der Waals surface area contributed by atoms with Gasteiger partial charge in [-0.25, -0.2) is 9.59 Å². The first-order valence-corrected chi connectivity index (χ1v) is 6.86. The second kappa shape index (κ2) is 6.26. The molecule has 1 amide bonds. The molecule has 0 radical (unpaired) electrons. The monoisotopic (exact) mass is 271 g/mol. The van der Waals surface area contributed by atoms with Crippen LogP contribution in [-0.2, 0) is 14.3 Å². The first-order chi connectivity index (χ1) is 8.78. The summed E-state index contributed by atoms with van der Waals surface area (Å²) < 4.78 is 10.1. The number of nitrogens with zero attached hydrogens (tertiary/aromatic N) is 1. The number of hydrogen-bond acceptors (Lipinski definition) is 4. The molecule has 5 nitrogen and oxygen atoms in total. The third kappa shape index (κ3) is 4.40. The highest BCUT2D eigenvalue weighted by molar-refractivity contribution is 5.82. The van der Waals surface area contributed by atoms with E-state index in [-0.39, 0.29) is 5.97 Å². The Labute approximate surface area is 115 Å². The number of ether oxygens (including phenoxy) is 2. The smallest absolute Gasteiger partial charge is 0.411 e. The fraction of sp³-hybridized carbons (Fsp3) is 0.857. The molecule has 0 saturated carbocycles. The fourth-order valence-corrected chi connectivity index (χ4v) is 2.42. The van der Waals surface area contributed by atoms with Gasteiger partial charge in [0, 0.05) is 6.54 Å². The molecule has 1 saturated heterocycles. The molecule has 110 valence electrons. The number of methoxy groups -OCH3 is 1. The predicted octanol–water partition coefficient (Wildman–Crippen LogP) is 2.59. The summed E-state index contributed by atoms with van der Waals surface area (Å²) in [7, 11) is 1.35. The Hall–Kier alpha value is -1.26. The van der Waals surface area contributed by atoms with E-state index >= 15 is 0 Å². The zero-order valence-corrected chi connectivity index (χ0v) is 12.6. The lowest BCUT2D eigenvalue weighted by Gasteiger charge is -2.27. The van der Waals surface area contributed by atoms with E-state index in [1.54, 1.807) is 0 Å². The standard InChI is InChI=1S/C14H25NO4/c1-6-7-10-8-11(12(16)18-5)15(9-10)13(17)19-14(2,3)4/h10-11H,6-9H2,1-5H3/t10-,11-/m0/s1. The Morgan fingerprint density at radius 3 is 2.42 bits per heavy atom. The van der Waals surface area contributed by atoms with E-state index in [0.717, 1.165) is 12.8 Å². The number of rotatable bonds is 3. The van der Waals surface area contributed by atoms with Crippen molar-refractivity contribution in [1.29, 1.82) is 0 Å². The molecule has 1 heterocycles. The number of amides is 1. The summed E-state index contributed by atoms with van der Waals surface area (Å²) in [6, 6.07) is -0.503. The molecule has 1 rings (SSSR count). The van der Waals surface area contributed by atoms with Crippen LogP contribution >= 0.6 is 0 Å². The molecule has 0 unspecified atom stereocenters. The van der Waals surface area contributed by atoms with Crippen molar-refractivity contribution in [2.75, 3.05) is 13.7 Å². The highest BCUT2D eigenvalue weighted by Crippen LogP contribution is 2.29. The zero-order chi connectivity index (χ0) is 14.6. The first kappa shape index (κ1) is 15.8. The number of hydrogen-bond donors (Lipinski definition) is 0. The van der Waals surface area contributed by atoms with Crippen LogP contribution in [0.1, 0.15) is 47.0 Å². The SMILES string of the molecule is CCC[C@H]1C[C@@H](C(=O)OC)N(C(=O)OC(C)(C)C)C1. The topological polar surface area (TPSA) is 55.8 Å². The second-order valence-electron chi connectivity index (χ2n) is 6.06. The molecule has 0 N–H and O–H groups in total. The third-order valence-corrected chi connectivity index (χ3v) is 3.19. The Morgan fingerprint density at radius 1 is 1.32 bits per heavy atom. The van der Waals surface area contributed by atoms with E-state index < -0.39 is 17.7 Å². The predicted molar refractivity (Wildman–Crippen MR) is 71.8 cm³/mol. The number of carbonyl (C=O) groups is 2. The van der Waals surface area contributed by atoms with Crippen LogP contribution < -0.4 is 0 Å². The largest absolute Gasteiger partial charge is 0.467 e. The third-order valence-electron chi connectivity index (χ3n) is 3.19. The lowest BCUT2D eigenvalue weighted by molar-refractivity contribution is -0.145. The van der Waals surface area contributed by atoms with Gasteiger partial charge in [-0.3, -0.25) is 4.90 Å². The van der Waals surface area contributed by atoms with Gasteiger partial charge in [0.25, 0.3) is 0 Å². The Morgan fingerprint density at radius 2 is 1.95 bits per heavy atom. The van der Waals surface area contributed by atoms with E-state index in [2.05, 4.69) is 6.92 Å². The minimum atomic E-state index is -0.555. The molecule has 0 aliphatic carbocycles. The maximum atomic E-state index is 12.1. The maximum Gasteiger partial charge on any atom is 0.411 e. The molecule has 19 heavy (non-hydrogen) atoms. The molecule has 0 spiro atoms. The maximum absolute atomic E-state index is 12.1. The number of esters is 1. The van der Waals surface area contributed by atoms with Crippen molar-refractivity contribution in [2.24, 2.45) is 5.92 Å². The highest BCUT2D eigenvalue weighted by Gasteiger charge is 2.41. The van der Waals surface area contributed by atoms with Crippen molar-refractivity contribution in [3.8, 4) is 0 Å². The van der Waals surface area contributed by atoms with Gasteiger partial charge in [0.15, 0.2) is 0 Å². The summed E-state index contributed by atoms with van der Waals surface area (Å²) in [5, 5.41) is 0. The van der Waals surface area contributed by atoms with E-state index in [0.29, 0.717) is 18.9 Å². The lowest BCUT2D eigenvalue weighted by atomic mass is 10.0. The van der Waals surface area contributed by atoms with Gasteiger partial charge in [-0.2, -0.15) is 0 Å².